The minimum absolute atomic E-state index is 0.369. The molecular formula is C25H27ClN4O3S. The molecule has 0 radical (unpaired) electrons. The molecule has 1 aromatic heterocycles. The van der Waals surface area contributed by atoms with E-state index >= 15 is 0 Å². The van der Waals surface area contributed by atoms with E-state index in [2.05, 4.69) is 17.2 Å². The molecule has 1 N–H and O–H groups in total. The van der Waals surface area contributed by atoms with Crippen LogP contribution in [0.2, 0.25) is 5.02 Å². The van der Waals surface area contributed by atoms with Crippen molar-refractivity contribution in [3.05, 3.63) is 76.0 Å². The number of benzene rings is 2. The van der Waals surface area contributed by atoms with Gasteiger partial charge in [-0.2, -0.15) is 4.98 Å². The predicted octanol–water partition coefficient (Wildman–Crippen LogP) is 5.86. The lowest BCUT2D eigenvalue weighted by atomic mass is 9.95. The molecule has 0 spiro atoms. The topological polar surface area (TPSA) is 78.3 Å². The highest BCUT2D eigenvalue weighted by Crippen LogP contribution is 2.40. The van der Waals surface area contributed by atoms with Gasteiger partial charge in [0, 0.05) is 22.0 Å². The van der Waals surface area contributed by atoms with E-state index in [1.807, 2.05) is 55.5 Å². The van der Waals surface area contributed by atoms with Gasteiger partial charge in [-0.3, -0.25) is 0 Å². The number of nitrogens with one attached hydrogen (secondary N) is 1. The van der Waals surface area contributed by atoms with Crippen LogP contribution in [0.1, 0.15) is 43.9 Å². The van der Waals surface area contributed by atoms with Crippen LogP contribution in [0.3, 0.4) is 0 Å². The average molecular weight is 499 g/mol. The van der Waals surface area contributed by atoms with Gasteiger partial charge in [0.2, 0.25) is 11.1 Å². The monoisotopic (exact) mass is 498 g/mol. The zero-order valence-corrected chi connectivity index (χ0v) is 20.9. The fourth-order valence-electron chi connectivity index (χ4n) is 3.78. The van der Waals surface area contributed by atoms with Crippen LogP contribution in [0.4, 0.5) is 5.95 Å². The zero-order valence-electron chi connectivity index (χ0n) is 19.4. The van der Waals surface area contributed by atoms with Crippen LogP contribution in [-0.4, -0.2) is 34.5 Å². The molecule has 0 saturated heterocycles. The van der Waals surface area contributed by atoms with Gasteiger partial charge in [0.05, 0.1) is 19.3 Å². The highest BCUT2D eigenvalue weighted by atomic mass is 35.5. The second kappa shape index (κ2) is 11.0. The van der Waals surface area contributed by atoms with Crippen LogP contribution < -0.4 is 10.1 Å². The van der Waals surface area contributed by atoms with Crippen molar-refractivity contribution in [1.82, 2.24) is 14.8 Å². The third kappa shape index (κ3) is 5.08. The van der Waals surface area contributed by atoms with Crippen LogP contribution in [0.15, 0.2) is 65.0 Å². The highest BCUT2D eigenvalue weighted by Gasteiger charge is 2.36. The van der Waals surface area contributed by atoms with Crippen LogP contribution >= 0.6 is 23.4 Å². The number of esters is 1. The summed E-state index contributed by atoms with van der Waals surface area (Å²) in [6, 6.07) is 14.8. The molecule has 0 fully saturated rings. The van der Waals surface area contributed by atoms with Gasteiger partial charge in [0.1, 0.15) is 11.8 Å². The smallest absolute Gasteiger partial charge is 0.338 e. The summed E-state index contributed by atoms with van der Waals surface area (Å²) in [7, 11) is 1.61. The van der Waals surface area contributed by atoms with Crippen LogP contribution in [0, 0.1) is 0 Å². The maximum Gasteiger partial charge on any atom is 0.338 e. The quantitative estimate of drug-likeness (QED) is 0.225. The summed E-state index contributed by atoms with van der Waals surface area (Å²) in [5.74, 6) is 1.47. The molecule has 34 heavy (non-hydrogen) atoms. The van der Waals surface area contributed by atoms with E-state index in [-0.39, 0.29) is 5.97 Å². The van der Waals surface area contributed by atoms with Gasteiger partial charge in [-0.15, -0.1) is 5.10 Å². The maximum absolute atomic E-state index is 13.2. The molecule has 0 amide bonds. The molecule has 2 aromatic carbocycles. The lowest BCUT2D eigenvalue weighted by Gasteiger charge is -2.29. The Morgan fingerprint density at radius 2 is 1.97 bits per heavy atom. The summed E-state index contributed by atoms with van der Waals surface area (Å²) in [6.07, 6.45) is 1.75. The van der Waals surface area contributed by atoms with Gasteiger partial charge in [0.25, 0.3) is 0 Å². The number of allylic oxidation sites excluding steroid dienone is 1. The Morgan fingerprint density at radius 3 is 2.74 bits per heavy atom. The first-order valence-corrected chi connectivity index (χ1v) is 12.5. The Hall–Kier alpha value is -2.97. The van der Waals surface area contributed by atoms with Crippen molar-refractivity contribution in [2.45, 2.75) is 43.6 Å². The lowest BCUT2D eigenvalue weighted by molar-refractivity contribution is -0.139. The van der Waals surface area contributed by atoms with Crippen LogP contribution in [0.5, 0.6) is 5.75 Å². The summed E-state index contributed by atoms with van der Waals surface area (Å²) >= 11 is 7.79. The molecule has 1 aliphatic rings. The van der Waals surface area contributed by atoms with Gasteiger partial charge in [0.15, 0.2) is 0 Å². The number of anilines is 1. The number of unbranched alkanes of at least 4 members (excludes halogenated alkanes) is 1. The Morgan fingerprint density at radius 1 is 1.21 bits per heavy atom. The zero-order chi connectivity index (χ0) is 24.1. The standard InChI is InChI=1S/C25H27ClN4O3S/c1-4-5-14-33-23(31)21-16(2)27-24-28-25(34-15-17-10-6-8-12-19(17)26)29-30(24)22(21)18-11-7-9-13-20(18)32-3/h6-13,22H,4-5,14-15H2,1-3H3,(H,27,28,29). The Labute approximate surface area is 208 Å². The third-order valence-electron chi connectivity index (χ3n) is 5.53. The fraction of sp³-hybridized carbons (Fsp3) is 0.320. The molecule has 2 heterocycles. The van der Waals surface area contributed by atoms with E-state index in [1.165, 1.54) is 11.8 Å². The SMILES string of the molecule is CCCCOC(=O)C1=C(C)Nc2nc(SCc3ccccc3Cl)nn2C1c1ccccc1OC. The fourth-order valence-corrected chi connectivity index (χ4v) is 4.90. The number of fused-ring (bicyclic) bond motifs is 1. The molecule has 0 bridgehead atoms. The number of carbonyl (C=O) groups excluding carboxylic acids is 1. The van der Waals surface area contributed by atoms with Crippen LogP contribution in [-0.2, 0) is 15.3 Å². The third-order valence-corrected chi connectivity index (χ3v) is 6.79. The van der Waals surface area contributed by atoms with Crippen molar-refractivity contribution < 1.29 is 14.3 Å². The number of rotatable bonds is 9. The Balaban J connectivity index is 1.70. The summed E-state index contributed by atoms with van der Waals surface area (Å²) in [5.41, 5.74) is 2.98. The number of para-hydroxylation sites is 1. The van der Waals surface area contributed by atoms with Crippen LogP contribution in [0.25, 0.3) is 0 Å². The molecule has 3 aromatic rings. The van der Waals surface area contributed by atoms with Gasteiger partial charge >= 0.3 is 5.97 Å². The van der Waals surface area contributed by atoms with E-state index in [9.17, 15) is 4.79 Å². The number of nitrogens with zero attached hydrogens (tertiary/aromatic N) is 3. The number of hydrogen-bond acceptors (Lipinski definition) is 7. The number of hydrogen-bond donors (Lipinski definition) is 1. The number of thioether (sulfide) groups is 1. The number of methoxy groups -OCH3 is 1. The van der Waals surface area contributed by atoms with Gasteiger partial charge in [-0.25, -0.2) is 9.48 Å². The van der Waals surface area contributed by atoms with E-state index in [1.54, 1.807) is 11.8 Å². The van der Waals surface area contributed by atoms with E-state index in [0.717, 1.165) is 24.0 Å². The molecular weight excluding hydrogens is 472 g/mol. The molecule has 0 aliphatic carbocycles. The first kappa shape index (κ1) is 24.2. The van der Waals surface area contributed by atoms with Crippen molar-refractivity contribution in [2.24, 2.45) is 0 Å². The molecule has 1 atom stereocenters. The number of halogens is 1. The molecule has 0 saturated carbocycles. The predicted molar refractivity (Wildman–Crippen MR) is 134 cm³/mol. The van der Waals surface area contributed by atoms with Crippen molar-refractivity contribution in [1.29, 1.82) is 0 Å². The second-order valence-corrected chi connectivity index (χ2v) is 9.19. The first-order valence-electron chi connectivity index (χ1n) is 11.1. The molecule has 1 aliphatic heterocycles. The van der Waals surface area contributed by atoms with E-state index in [4.69, 9.17) is 26.2 Å². The van der Waals surface area contributed by atoms with Crippen molar-refractivity contribution in [3.63, 3.8) is 0 Å². The van der Waals surface area contributed by atoms with Crippen molar-refractivity contribution >= 4 is 35.3 Å². The molecule has 178 valence electrons. The summed E-state index contributed by atoms with van der Waals surface area (Å²) in [4.78, 5) is 17.9. The summed E-state index contributed by atoms with van der Waals surface area (Å²) < 4.78 is 13.0. The number of aromatic nitrogens is 3. The van der Waals surface area contributed by atoms with Crippen molar-refractivity contribution in [2.75, 3.05) is 19.0 Å². The Bertz CT molecular complexity index is 1210. The minimum atomic E-state index is -0.538. The molecule has 4 rings (SSSR count). The summed E-state index contributed by atoms with van der Waals surface area (Å²) in [5, 5.41) is 9.28. The van der Waals surface area contributed by atoms with Crippen molar-refractivity contribution in [3.8, 4) is 5.75 Å². The maximum atomic E-state index is 13.2. The largest absolute Gasteiger partial charge is 0.496 e. The highest BCUT2D eigenvalue weighted by molar-refractivity contribution is 7.98. The van der Waals surface area contributed by atoms with E-state index in [0.29, 0.717) is 45.5 Å². The second-order valence-electron chi connectivity index (χ2n) is 7.84. The molecule has 1 unspecified atom stereocenters. The average Bonchev–Trinajstić information content (AvgIpc) is 3.25. The normalized spacial score (nSPS) is 15.0. The van der Waals surface area contributed by atoms with E-state index < -0.39 is 6.04 Å². The molecule has 7 nitrogen and oxygen atoms in total. The molecule has 9 heteroatoms. The number of carbonyl (C=O) groups is 1. The van der Waals surface area contributed by atoms with Gasteiger partial charge < -0.3 is 14.8 Å². The van der Waals surface area contributed by atoms with Gasteiger partial charge in [-0.05, 0) is 31.0 Å². The minimum Gasteiger partial charge on any atom is -0.496 e. The number of ether oxygens (including phenoxy) is 2. The first-order chi connectivity index (χ1) is 16.5. The lowest BCUT2D eigenvalue weighted by Crippen LogP contribution is -2.30. The van der Waals surface area contributed by atoms with Gasteiger partial charge in [-0.1, -0.05) is 73.1 Å². The summed E-state index contributed by atoms with van der Waals surface area (Å²) in [6.45, 7) is 4.28. The Kier molecular flexibility index (Phi) is 7.80.